The highest BCUT2D eigenvalue weighted by molar-refractivity contribution is 7.89. The number of hydrogen-bond acceptors (Lipinski definition) is 5. The minimum Gasteiger partial charge on any atom is -0.324 e. The standard InChI is InChI=1S/C22H26N4O5S/c1-13-9-14(2)20(15(3)10-13)23-19(27)12-24(4)32(30,31)16-7-8-18-17(11-16)21(28)26(6)22(29)25(18)5/h7-11H,12H2,1-6H3,(H,23,27). The van der Waals surface area contributed by atoms with E-state index in [4.69, 9.17) is 0 Å². The summed E-state index contributed by atoms with van der Waals surface area (Å²) in [5, 5.41) is 2.88. The average molecular weight is 459 g/mol. The zero-order chi connectivity index (χ0) is 24.0. The molecular formula is C22H26N4O5S. The van der Waals surface area contributed by atoms with Crippen molar-refractivity contribution in [1.29, 1.82) is 0 Å². The lowest BCUT2D eigenvalue weighted by Crippen LogP contribution is -2.37. The minimum absolute atomic E-state index is 0.0967. The lowest BCUT2D eigenvalue weighted by atomic mass is 10.1. The van der Waals surface area contributed by atoms with Crippen LogP contribution in [0.15, 0.2) is 44.8 Å². The molecule has 1 N–H and O–H groups in total. The first-order valence-electron chi connectivity index (χ1n) is 9.88. The molecule has 0 bridgehead atoms. The van der Waals surface area contributed by atoms with Crippen LogP contribution < -0.4 is 16.6 Å². The maximum Gasteiger partial charge on any atom is 0.330 e. The van der Waals surface area contributed by atoms with Crippen LogP contribution in [0.4, 0.5) is 5.69 Å². The molecule has 0 fully saturated rings. The second-order valence-corrected chi connectivity index (χ2v) is 10.0. The van der Waals surface area contributed by atoms with Gasteiger partial charge in [-0.05, 0) is 50.1 Å². The summed E-state index contributed by atoms with van der Waals surface area (Å²) in [6, 6.07) is 7.84. The zero-order valence-electron chi connectivity index (χ0n) is 18.9. The van der Waals surface area contributed by atoms with Gasteiger partial charge in [-0.1, -0.05) is 17.7 Å². The van der Waals surface area contributed by atoms with Gasteiger partial charge in [0.1, 0.15) is 0 Å². The number of nitrogens with one attached hydrogen (secondary N) is 1. The van der Waals surface area contributed by atoms with Crippen LogP contribution in [0, 0.1) is 20.8 Å². The first-order chi connectivity index (χ1) is 14.8. The second-order valence-electron chi connectivity index (χ2n) is 7.97. The number of fused-ring (bicyclic) bond motifs is 1. The van der Waals surface area contributed by atoms with Crippen molar-refractivity contribution in [2.45, 2.75) is 25.7 Å². The molecule has 3 aromatic rings. The first-order valence-corrected chi connectivity index (χ1v) is 11.3. The number of likely N-dealkylation sites (N-methyl/N-ethyl adjacent to an activating group) is 1. The SMILES string of the molecule is Cc1cc(C)c(NC(=O)CN(C)S(=O)(=O)c2ccc3c(c2)c(=O)n(C)c(=O)n3C)c(C)c1. The molecule has 1 heterocycles. The molecule has 0 spiro atoms. The van der Waals surface area contributed by atoms with Crippen LogP contribution in [0.5, 0.6) is 0 Å². The summed E-state index contributed by atoms with van der Waals surface area (Å²) in [5.74, 6) is -0.481. The van der Waals surface area contributed by atoms with Crippen molar-refractivity contribution in [1.82, 2.24) is 13.4 Å². The third-order valence-electron chi connectivity index (χ3n) is 5.45. The topological polar surface area (TPSA) is 110 Å². The monoisotopic (exact) mass is 458 g/mol. The van der Waals surface area contributed by atoms with Crippen molar-refractivity contribution in [3.8, 4) is 0 Å². The van der Waals surface area contributed by atoms with Crippen LogP contribution >= 0.6 is 0 Å². The van der Waals surface area contributed by atoms with Crippen molar-refractivity contribution >= 4 is 32.5 Å². The van der Waals surface area contributed by atoms with Crippen molar-refractivity contribution in [3.63, 3.8) is 0 Å². The summed E-state index contributed by atoms with van der Waals surface area (Å²) in [5.41, 5.74) is 2.72. The molecular weight excluding hydrogens is 432 g/mol. The van der Waals surface area contributed by atoms with Crippen LogP contribution in [0.3, 0.4) is 0 Å². The van der Waals surface area contributed by atoms with E-state index in [0.29, 0.717) is 11.2 Å². The number of aryl methyl sites for hydroxylation is 4. The Morgan fingerprint density at radius 1 is 1.00 bits per heavy atom. The van der Waals surface area contributed by atoms with E-state index >= 15 is 0 Å². The van der Waals surface area contributed by atoms with Crippen LogP contribution in [-0.4, -0.2) is 41.4 Å². The Morgan fingerprint density at radius 3 is 2.19 bits per heavy atom. The van der Waals surface area contributed by atoms with Crippen LogP contribution in [0.25, 0.3) is 10.9 Å². The molecule has 32 heavy (non-hydrogen) atoms. The number of carbonyl (C=O) groups excluding carboxylic acids is 1. The molecule has 0 aliphatic heterocycles. The summed E-state index contributed by atoms with van der Waals surface area (Å²) >= 11 is 0. The van der Waals surface area contributed by atoms with Gasteiger partial charge in [0.2, 0.25) is 15.9 Å². The molecule has 0 aliphatic carbocycles. The van der Waals surface area contributed by atoms with Gasteiger partial charge in [0.15, 0.2) is 0 Å². The van der Waals surface area contributed by atoms with E-state index in [2.05, 4.69) is 5.32 Å². The quantitative estimate of drug-likeness (QED) is 0.622. The summed E-state index contributed by atoms with van der Waals surface area (Å²) in [6.07, 6.45) is 0. The van der Waals surface area contributed by atoms with Crippen molar-refractivity contribution in [2.24, 2.45) is 14.1 Å². The number of amides is 1. The molecule has 0 atom stereocenters. The molecule has 2 aromatic carbocycles. The van der Waals surface area contributed by atoms with E-state index in [-0.39, 0.29) is 10.3 Å². The fraction of sp³-hybridized carbons (Fsp3) is 0.318. The maximum absolute atomic E-state index is 13.1. The Balaban J connectivity index is 1.91. The Hall–Kier alpha value is -3.24. The summed E-state index contributed by atoms with van der Waals surface area (Å²) in [7, 11) is 0.0720. The van der Waals surface area contributed by atoms with E-state index in [9.17, 15) is 22.8 Å². The Bertz CT molecular complexity index is 1450. The normalized spacial score (nSPS) is 11.8. The fourth-order valence-electron chi connectivity index (χ4n) is 3.76. The zero-order valence-corrected chi connectivity index (χ0v) is 19.7. The van der Waals surface area contributed by atoms with E-state index in [1.54, 1.807) is 0 Å². The van der Waals surface area contributed by atoms with Crippen LogP contribution in [0.2, 0.25) is 0 Å². The van der Waals surface area contributed by atoms with Gasteiger partial charge in [-0.3, -0.25) is 18.7 Å². The Labute approximate surface area is 186 Å². The molecule has 3 rings (SSSR count). The third-order valence-corrected chi connectivity index (χ3v) is 7.25. The van der Waals surface area contributed by atoms with Crippen molar-refractivity contribution in [2.75, 3.05) is 18.9 Å². The minimum atomic E-state index is -4.06. The van der Waals surface area contributed by atoms with E-state index in [1.165, 1.54) is 43.9 Å². The van der Waals surface area contributed by atoms with Gasteiger partial charge in [-0.2, -0.15) is 4.31 Å². The van der Waals surface area contributed by atoms with Gasteiger partial charge < -0.3 is 5.32 Å². The molecule has 0 saturated carbocycles. The smallest absolute Gasteiger partial charge is 0.324 e. The molecule has 0 unspecified atom stereocenters. The predicted octanol–water partition coefficient (Wildman–Crippen LogP) is 1.42. The number of anilines is 1. The average Bonchev–Trinajstić information content (AvgIpc) is 2.72. The lowest BCUT2D eigenvalue weighted by molar-refractivity contribution is -0.116. The molecule has 0 radical (unpaired) electrons. The maximum atomic E-state index is 13.1. The summed E-state index contributed by atoms with van der Waals surface area (Å²) in [4.78, 5) is 37.0. The number of aromatic nitrogens is 2. The fourth-order valence-corrected chi connectivity index (χ4v) is 4.91. The van der Waals surface area contributed by atoms with Gasteiger partial charge in [0, 0.05) is 26.8 Å². The highest BCUT2D eigenvalue weighted by atomic mass is 32.2. The van der Waals surface area contributed by atoms with Crippen molar-refractivity contribution < 1.29 is 13.2 Å². The summed E-state index contributed by atoms with van der Waals surface area (Å²) in [6.45, 7) is 5.30. The number of benzene rings is 2. The number of hydrogen-bond donors (Lipinski definition) is 1. The number of rotatable bonds is 5. The van der Waals surface area contributed by atoms with E-state index in [0.717, 1.165) is 25.6 Å². The number of sulfonamides is 1. The van der Waals surface area contributed by atoms with Gasteiger partial charge in [-0.25, -0.2) is 13.2 Å². The predicted molar refractivity (Wildman–Crippen MR) is 124 cm³/mol. The van der Waals surface area contributed by atoms with Gasteiger partial charge in [0.05, 0.1) is 22.3 Å². The summed E-state index contributed by atoms with van der Waals surface area (Å²) < 4.78 is 29.2. The van der Waals surface area contributed by atoms with Crippen molar-refractivity contribution in [3.05, 3.63) is 67.9 Å². The second kappa shape index (κ2) is 8.36. The van der Waals surface area contributed by atoms with Crippen LogP contribution in [0.1, 0.15) is 16.7 Å². The largest absolute Gasteiger partial charge is 0.330 e. The Kier molecular flexibility index (Phi) is 6.12. The highest BCUT2D eigenvalue weighted by Crippen LogP contribution is 2.22. The molecule has 0 aliphatic rings. The third kappa shape index (κ3) is 4.11. The van der Waals surface area contributed by atoms with Gasteiger partial charge in [-0.15, -0.1) is 0 Å². The molecule has 1 aromatic heterocycles. The molecule has 0 saturated heterocycles. The molecule has 170 valence electrons. The molecule has 1 amide bonds. The van der Waals surface area contributed by atoms with Gasteiger partial charge >= 0.3 is 5.69 Å². The lowest BCUT2D eigenvalue weighted by Gasteiger charge is -2.19. The first kappa shape index (κ1) is 23.4. The Morgan fingerprint density at radius 2 is 1.59 bits per heavy atom. The molecule has 9 nitrogen and oxygen atoms in total. The number of carbonyl (C=O) groups is 1. The van der Waals surface area contributed by atoms with Gasteiger partial charge in [0.25, 0.3) is 5.56 Å². The van der Waals surface area contributed by atoms with E-state index < -0.39 is 33.7 Å². The molecule has 10 heteroatoms. The highest BCUT2D eigenvalue weighted by Gasteiger charge is 2.24. The van der Waals surface area contributed by atoms with Crippen LogP contribution in [-0.2, 0) is 28.9 Å². The van der Waals surface area contributed by atoms with E-state index in [1.807, 2.05) is 32.9 Å². The number of nitrogens with zero attached hydrogens (tertiary/aromatic N) is 3.